The highest BCUT2D eigenvalue weighted by Crippen LogP contribution is 2.29. The third kappa shape index (κ3) is 5.06. The lowest BCUT2D eigenvalue weighted by Crippen LogP contribution is -2.39. The van der Waals surface area contributed by atoms with E-state index in [1.54, 1.807) is 0 Å². The zero-order valence-electron chi connectivity index (χ0n) is 12.8. The lowest BCUT2D eigenvalue weighted by Gasteiger charge is -2.33. The maximum atomic E-state index is 12.0. The van der Waals surface area contributed by atoms with E-state index in [9.17, 15) is 4.79 Å². The molecule has 2 fully saturated rings. The third-order valence-corrected chi connectivity index (χ3v) is 5.02. The number of carbonyl (C=O) groups excluding carboxylic acids is 1. The molecular formula is C16H30N2O2. The Labute approximate surface area is 122 Å². The van der Waals surface area contributed by atoms with Gasteiger partial charge in [0.1, 0.15) is 0 Å². The molecule has 2 aliphatic rings. The number of rotatable bonds is 5. The van der Waals surface area contributed by atoms with E-state index in [2.05, 4.69) is 12.2 Å². The molecule has 1 heterocycles. The molecule has 2 atom stereocenters. The van der Waals surface area contributed by atoms with E-state index >= 15 is 0 Å². The van der Waals surface area contributed by atoms with Crippen molar-refractivity contribution >= 4 is 5.91 Å². The first-order valence-electron chi connectivity index (χ1n) is 8.17. The fourth-order valence-electron chi connectivity index (χ4n) is 3.37. The molecule has 1 amide bonds. The Morgan fingerprint density at radius 1 is 1.35 bits per heavy atom. The van der Waals surface area contributed by atoms with Gasteiger partial charge in [0.05, 0.1) is 0 Å². The van der Waals surface area contributed by atoms with Gasteiger partial charge in [-0.3, -0.25) is 4.79 Å². The van der Waals surface area contributed by atoms with Crippen LogP contribution in [0.3, 0.4) is 0 Å². The Bertz CT molecular complexity index is 314. The van der Waals surface area contributed by atoms with Crippen molar-refractivity contribution in [2.24, 2.45) is 17.1 Å². The van der Waals surface area contributed by atoms with Crippen LogP contribution in [0.2, 0.25) is 0 Å². The second kappa shape index (κ2) is 7.41. The average Bonchev–Trinajstić information content (AvgIpc) is 2.44. The van der Waals surface area contributed by atoms with Crippen LogP contribution in [-0.2, 0) is 9.53 Å². The van der Waals surface area contributed by atoms with Gasteiger partial charge >= 0.3 is 0 Å². The lowest BCUT2D eigenvalue weighted by molar-refractivity contribution is -0.122. The highest BCUT2D eigenvalue weighted by molar-refractivity contribution is 5.75. The molecule has 1 aliphatic carbocycles. The number of nitrogens with two attached hydrogens (primary N) is 1. The van der Waals surface area contributed by atoms with Crippen LogP contribution >= 0.6 is 0 Å². The van der Waals surface area contributed by atoms with E-state index in [0.29, 0.717) is 18.4 Å². The molecule has 1 aliphatic heterocycles. The monoisotopic (exact) mass is 282 g/mol. The molecule has 3 N–H and O–H groups in total. The fraction of sp³-hybridized carbons (Fsp3) is 0.938. The summed E-state index contributed by atoms with van der Waals surface area (Å²) in [6.07, 6.45) is 8.48. The summed E-state index contributed by atoms with van der Waals surface area (Å²) >= 11 is 0. The molecule has 1 saturated heterocycles. The molecule has 0 aromatic heterocycles. The molecule has 1 saturated carbocycles. The molecule has 0 radical (unpaired) electrons. The summed E-state index contributed by atoms with van der Waals surface area (Å²) in [4.78, 5) is 12.0. The summed E-state index contributed by atoms with van der Waals surface area (Å²) in [7, 11) is 0. The number of hydrogen-bond donors (Lipinski definition) is 2. The second-order valence-electron chi connectivity index (χ2n) is 7.03. The Morgan fingerprint density at radius 2 is 2.10 bits per heavy atom. The molecule has 0 bridgehead atoms. The quantitative estimate of drug-likeness (QED) is 0.812. The number of amides is 1. The average molecular weight is 282 g/mol. The SMILES string of the molecule is CC1(CNC(=O)CCC2CCCC(N)C2)CCOCC1. The van der Waals surface area contributed by atoms with Crippen molar-refractivity contribution in [2.75, 3.05) is 19.8 Å². The van der Waals surface area contributed by atoms with E-state index in [0.717, 1.165) is 51.9 Å². The van der Waals surface area contributed by atoms with Crippen LogP contribution in [0, 0.1) is 11.3 Å². The van der Waals surface area contributed by atoms with E-state index in [1.165, 1.54) is 12.8 Å². The van der Waals surface area contributed by atoms with Crippen LogP contribution in [0.15, 0.2) is 0 Å². The number of hydrogen-bond acceptors (Lipinski definition) is 3. The first-order chi connectivity index (χ1) is 9.57. The first-order valence-corrected chi connectivity index (χ1v) is 8.17. The molecule has 0 spiro atoms. The van der Waals surface area contributed by atoms with Crippen LogP contribution in [0.25, 0.3) is 0 Å². The number of carbonyl (C=O) groups is 1. The summed E-state index contributed by atoms with van der Waals surface area (Å²) in [5.41, 5.74) is 6.22. The standard InChI is InChI=1S/C16H30N2O2/c1-16(7-9-20-10-8-16)12-18-15(19)6-5-13-3-2-4-14(17)11-13/h13-14H,2-12,17H2,1H3,(H,18,19). The Balaban J connectivity index is 1.62. The van der Waals surface area contributed by atoms with Gasteiger partial charge in [-0.2, -0.15) is 0 Å². The topological polar surface area (TPSA) is 64.4 Å². The molecule has 0 aromatic rings. The van der Waals surface area contributed by atoms with Gasteiger partial charge in [0.15, 0.2) is 0 Å². The second-order valence-corrected chi connectivity index (χ2v) is 7.03. The third-order valence-electron chi connectivity index (χ3n) is 5.02. The maximum Gasteiger partial charge on any atom is 0.220 e. The van der Waals surface area contributed by atoms with Gasteiger partial charge in [0.25, 0.3) is 0 Å². The number of ether oxygens (including phenoxy) is 1. The van der Waals surface area contributed by atoms with Crippen LogP contribution in [-0.4, -0.2) is 31.7 Å². The van der Waals surface area contributed by atoms with Crippen molar-refractivity contribution < 1.29 is 9.53 Å². The zero-order valence-corrected chi connectivity index (χ0v) is 12.8. The van der Waals surface area contributed by atoms with Crippen molar-refractivity contribution in [2.45, 2.75) is 64.3 Å². The van der Waals surface area contributed by atoms with Gasteiger partial charge in [-0.05, 0) is 43.4 Å². The largest absolute Gasteiger partial charge is 0.381 e. The van der Waals surface area contributed by atoms with Crippen LogP contribution in [0.4, 0.5) is 0 Å². The predicted molar refractivity (Wildman–Crippen MR) is 80.3 cm³/mol. The zero-order chi connectivity index (χ0) is 14.4. The minimum atomic E-state index is 0.205. The smallest absolute Gasteiger partial charge is 0.220 e. The van der Waals surface area contributed by atoms with Crippen molar-refractivity contribution in [3.8, 4) is 0 Å². The van der Waals surface area contributed by atoms with Gasteiger partial charge in [0, 0.05) is 32.2 Å². The Hall–Kier alpha value is -0.610. The fourth-order valence-corrected chi connectivity index (χ4v) is 3.37. The molecule has 4 heteroatoms. The first kappa shape index (κ1) is 15.8. The van der Waals surface area contributed by atoms with Crippen LogP contribution in [0.1, 0.15) is 58.3 Å². The Morgan fingerprint density at radius 3 is 2.80 bits per heavy atom. The molecular weight excluding hydrogens is 252 g/mol. The predicted octanol–water partition coefficient (Wildman–Crippen LogP) is 2.22. The van der Waals surface area contributed by atoms with Gasteiger partial charge in [-0.15, -0.1) is 0 Å². The normalized spacial score (nSPS) is 29.9. The van der Waals surface area contributed by atoms with Crippen LogP contribution < -0.4 is 11.1 Å². The summed E-state index contributed by atoms with van der Waals surface area (Å²) in [5, 5.41) is 3.12. The van der Waals surface area contributed by atoms with Crippen LogP contribution in [0.5, 0.6) is 0 Å². The summed E-state index contributed by atoms with van der Waals surface area (Å²) < 4.78 is 5.38. The summed E-state index contributed by atoms with van der Waals surface area (Å²) in [6, 6.07) is 0.359. The van der Waals surface area contributed by atoms with Gasteiger partial charge in [-0.25, -0.2) is 0 Å². The van der Waals surface area contributed by atoms with Crippen molar-refractivity contribution in [1.29, 1.82) is 0 Å². The maximum absolute atomic E-state index is 12.0. The van der Waals surface area contributed by atoms with Crippen molar-refractivity contribution in [1.82, 2.24) is 5.32 Å². The molecule has 2 rings (SSSR count). The minimum Gasteiger partial charge on any atom is -0.381 e. The van der Waals surface area contributed by atoms with E-state index in [1.807, 2.05) is 0 Å². The summed E-state index contributed by atoms with van der Waals surface area (Å²) in [5.74, 6) is 0.861. The molecule has 4 nitrogen and oxygen atoms in total. The summed E-state index contributed by atoms with van der Waals surface area (Å²) in [6.45, 7) is 4.69. The van der Waals surface area contributed by atoms with E-state index in [4.69, 9.17) is 10.5 Å². The van der Waals surface area contributed by atoms with E-state index < -0.39 is 0 Å². The number of nitrogens with one attached hydrogen (secondary N) is 1. The lowest BCUT2D eigenvalue weighted by atomic mass is 9.82. The van der Waals surface area contributed by atoms with Gasteiger partial charge in [0.2, 0.25) is 5.91 Å². The minimum absolute atomic E-state index is 0.205. The van der Waals surface area contributed by atoms with Gasteiger partial charge in [-0.1, -0.05) is 19.8 Å². The van der Waals surface area contributed by atoms with Crippen molar-refractivity contribution in [3.63, 3.8) is 0 Å². The van der Waals surface area contributed by atoms with Crippen molar-refractivity contribution in [3.05, 3.63) is 0 Å². The molecule has 0 aromatic carbocycles. The molecule has 116 valence electrons. The molecule has 20 heavy (non-hydrogen) atoms. The Kier molecular flexibility index (Phi) is 5.85. The van der Waals surface area contributed by atoms with Gasteiger partial charge < -0.3 is 15.8 Å². The highest BCUT2D eigenvalue weighted by atomic mass is 16.5. The molecule has 2 unspecified atom stereocenters. The highest BCUT2D eigenvalue weighted by Gasteiger charge is 2.27. The van der Waals surface area contributed by atoms with E-state index in [-0.39, 0.29) is 11.3 Å².